The van der Waals surface area contributed by atoms with Crippen molar-refractivity contribution in [2.24, 2.45) is 11.8 Å². The second kappa shape index (κ2) is 7.21. The highest BCUT2D eigenvalue weighted by Crippen LogP contribution is 2.34. The van der Waals surface area contributed by atoms with Crippen molar-refractivity contribution >= 4 is 22.4 Å². The monoisotopic (exact) mass is 331 g/mol. The lowest BCUT2D eigenvalue weighted by atomic mass is 9.80. The summed E-state index contributed by atoms with van der Waals surface area (Å²) < 4.78 is 26.2. The summed E-state index contributed by atoms with van der Waals surface area (Å²) in [6, 6.07) is 4.62. The third-order valence-electron chi connectivity index (χ3n) is 4.22. The van der Waals surface area contributed by atoms with Crippen LogP contribution in [0.2, 0.25) is 5.02 Å². The molecular weight excluding hydrogens is 309 g/mol. The second-order valence-electron chi connectivity index (χ2n) is 6.06. The maximum absolute atomic E-state index is 13.3. The lowest BCUT2D eigenvalue weighted by molar-refractivity contribution is 0.248. The fourth-order valence-corrected chi connectivity index (χ4v) is 5.44. The molecule has 0 saturated heterocycles. The van der Waals surface area contributed by atoms with Crippen LogP contribution in [0, 0.1) is 17.7 Å². The van der Waals surface area contributed by atoms with Crippen molar-refractivity contribution in [3.05, 3.63) is 29.0 Å². The number of rotatable bonds is 4. The van der Waals surface area contributed by atoms with Crippen LogP contribution >= 0.6 is 11.6 Å². The van der Waals surface area contributed by atoms with Gasteiger partial charge in [0.15, 0.2) is 0 Å². The van der Waals surface area contributed by atoms with Crippen LogP contribution in [0.1, 0.15) is 33.6 Å². The number of hydrogen-bond acceptors (Lipinski definition) is 2. The second-order valence-corrected chi connectivity index (χ2v) is 8.07. The molecule has 1 aliphatic rings. The molecule has 1 aromatic carbocycles. The predicted octanol–water partition coefficient (Wildman–Crippen LogP) is 4.00. The molecule has 1 fully saturated rings. The van der Waals surface area contributed by atoms with E-state index in [0.717, 1.165) is 19.4 Å². The molecule has 0 amide bonds. The standard InChI is InChI=1S/C16H23ClFNOS/c1-4-19-15-8-10(2)7-11(3)16(15)21(20)12-5-6-14(18)13(17)9-12/h5-6,9-11,15-16,19H,4,7-8H2,1-3H3. The molecule has 5 unspecified atom stereocenters. The molecule has 0 aromatic heterocycles. The minimum absolute atomic E-state index is 0.0395. The smallest absolute Gasteiger partial charge is 0.141 e. The summed E-state index contributed by atoms with van der Waals surface area (Å²) in [7, 11) is -1.18. The van der Waals surface area contributed by atoms with Crippen molar-refractivity contribution in [3.63, 3.8) is 0 Å². The molecule has 0 aliphatic heterocycles. The maximum atomic E-state index is 13.3. The summed E-state index contributed by atoms with van der Waals surface area (Å²) in [5.74, 6) is 0.530. The van der Waals surface area contributed by atoms with Gasteiger partial charge in [-0.1, -0.05) is 32.4 Å². The van der Waals surface area contributed by atoms with E-state index in [4.69, 9.17) is 11.6 Å². The molecular formula is C16H23ClFNOS. The van der Waals surface area contributed by atoms with Crippen molar-refractivity contribution in [1.29, 1.82) is 0 Å². The summed E-state index contributed by atoms with van der Waals surface area (Å²) in [6.45, 7) is 7.34. The quantitative estimate of drug-likeness (QED) is 0.903. The molecule has 1 saturated carbocycles. The highest BCUT2D eigenvalue weighted by atomic mass is 35.5. The molecule has 1 aromatic rings. The van der Waals surface area contributed by atoms with Crippen molar-refractivity contribution in [3.8, 4) is 0 Å². The maximum Gasteiger partial charge on any atom is 0.141 e. The van der Waals surface area contributed by atoms with Gasteiger partial charge in [-0.15, -0.1) is 0 Å². The Bertz CT molecular complexity index is 525. The van der Waals surface area contributed by atoms with Crippen LogP contribution in [0.25, 0.3) is 0 Å². The third-order valence-corrected chi connectivity index (χ3v) is 6.52. The van der Waals surface area contributed by atoms with Gasteiger partial charge in [-0.25, -0.2) is 4.39 Å². The van der Waals surface area contributed by atoms with E-state index in [9.17, 15) is 8.60 Å². The molecule has 2 nitrogen and oxygen atoms in total. The van der Waals surface area contributed by atoms with Gasteiger partial charge in [-0.3, -0.25) is 4.21 Å². The van der Waals surface area contributed by atoms with Crippen LogP contribution in [0.5, 0.6) is 0 Å². The molecule has 2 rings (SSSR count). The average Bonchev–Trinajstić information content (AvgIpc) is 2.41. The summed E-state index contributed by atoms with van der Waals surface area (Å²) in [5, 5.41) is 3.56. The normalized spacial score (nSPS) is 31.1. The zero-order chi connectivity index (χ0) is 15.6. The van der Waals surface area contributed by atoms with Gasteiger partial charge in [0.1, 0.15) is 5.82 Å². The molecule has 5 atom stereocenters. The van der Waals surface area contributed by atoms with Crippen molar-refractivity contribution in [2.75, 3.05) is 6.54 Å². The highest BCUT2D eigenvalue weighted by molar-refractivity contribution is 7.85. The van der Waals surface area contributed by atoms with Crippen molar-refractivity contribution < 1.29 is 8.60 Å². The van der Waals surface area contributed by atoms with Crippen molar-refractivity contribution in [1.82, 2.24) is 5.32 Å². The van der Waals surface area contributed by atoms with E-state index in [2.05, 4.69) is 26.1 Å². The Hall–Kier alpha value is -0.450. The minimum Gasteiger partial charge on any atom is -0.313 e. The molecule has 21 heavy (non-hydrogen) atoms. The molecule has 118 valence electrons. The summed E-state index contributed by atoms with van der Waals surface area (Å²) in [6.07, 6.45) is 2.11. The van der Waals surface area contributed by atoms with Crippen LogP contribution < -0.4 is 5.32 Å². The molecule has 1 N–H and O–H groups in total. The molecule has 0 spiro atoms. The van der Waals surface area contributed by atoms with Crippen LogP contribution in [0.4, 0.5) is 4.39 Å². The first-order chi connectivity index (χ1) is 9.93. The first-order valence-electron chi connectivity index (χ1n) is 7.53. The summed E-state index contributed by atoms with van der Waals surface area (Å²) in [4.78, 5) is 0.621. The number of hydrogen-bond donors (Lipinski definition) is 1. The first kappa shape index (κ1) is 16.9. The molecule has 0 radical (unpaired) electrons. The average molecular weight is 332 g/mol. The fraction of sp³-hybridized carbons (Fsp3) is 0.625. The molecule has 5 heteroatoms. The van der Waals surface area contributed by atoms with Gasteiger partial charge in [-0.2, -0.15) is 0 Å². The minimum atomic E-state index is -1.18. The first-order valence-corrected chi connectivity index (χ1v) is 9.12. The Kier molecular flexibility index (Phi) is 5.81. The van der Waals surface area contributed by atoms with Crippen molar-refractivity contribution in [2.45, 2.75) is 49.8 Å². The summed E-state index contributed by atoms with van der Waals surface area (Å²) in [5.41, 5.74) is 0. The number of halogens is 2. The van der Waals surface area contributed by atoms with E-state index in [1.165, 1.54) is 12.1 Å². The van der Waals surface area contributed by atoms with E-state index >= 15 is 0 Å². The van der Waals surface area contributed by atoms with Gasteiger partial charge >= 0.3 is 0 Å². The Balaban J connectivity index is 2.27. The Morgan fingerprint density at radius 2 is 2.10 bits per heavy atom. The number of nitrogens with one attached hydrogen (secondary N) is 1. The fourth-order valence-electron chi connectivity index (χ4n) is 3.41. The van der Waals surface area contributed by atoms with Crippen LogP contribution in [-0.2, 0) is 10.8 Å². The third kappa shape index (κ3) is 3.85. The zero-order valence-corrected chi connectivity index (χ0v) is 14.3. The zero-order valence-electron chi connectivity index (χ0n) is 12.7. The lowest BCUT2D eigenvalue weighted by Gasteiger charge is -2.39. The van der Waals surface area contributed by atoms with E-state index in [1.807, 2.05) is 0 Å². The number of benzene rings is 1. The molecule has 0 heterocycles. The van der Waals surface area contributed by atoms with Crippen LogP contribution in [0.15, 0.2) is 23.1 Å². The van der Waals surface area contributed by atoms with Gasteiger partial charge in [0.05, 0.1) is 21.1 Å². The van der Waals surface area contributed by atoms with Crippen LogP contribution in [-0.4, -0.2) is 22.0 Å². The van der Waals surface area contributed by atoms with Gasteiger partial charge in [-0.05, 0) is 49.4 Å². The topological polar surface area (TPSA) is 29.1 Å². The predicted molar refractivity (Wildman–Crippen MR) is 86.6 cm³/mol. The van der Waals surface area contributed by atoms with Crippen LogP contribution in [0.3, 0.4) is 0 Å². The van der Waals surface area contributed by atoms with Gasteiger partial charge in [0.2, 0.25) is 0 Å². The Labute approximate surface area is 133 Å². The molecule has 1 aliphatic carbocycles. The van der Waals surface area contributed by atoms with E-state index in [1.54, 1.807) is 6.07 Å². The summed E-state index contributed by atoms with van der Waals surface area (Å²) >= 11 is 5.83. The highest BCUT2D eigenvalue weighted by Gasteiger charge is 2.38. The Morgan fingerprint density at radius 1 is 1.38 bits per heavy atom. The van der Waals surface area contributed by atoms with E-state index < -0.39 is 16.6 Å². The SMILES string of the molecule is CCNC1CC(C)CC(C)C1S(=O)c1ccc(F)c(Cl)c1. The lowest BCUT2D eigenvalue weighted by Crippen LogP contribution is -2.50. The largest absolute Gasteiger partial charge is 0.313 e. The van der Waals surface area contributed by atoms with Gasteiger partial charge < -0.3 is 5.32 Å². The van der Waals surface area contributed by atoms with E-state index in [0.29, 0.717) is 16.7 Å². The van der Waals surface area contributed by atoms with Gasteiger partial charge in [0, 0.05) is 10.9 Å². The Morgan fingerprint density at radius 3 is 2.71 bits per heavy atom. The molecule has 0 bridgehead atoms. The van der Waals surface area contributed by atoms with Gasteiger partial charge in [0.25, 0.3) is 0 Å². The van der Waals surface area contributed by atoms with E-state index in [-0.39, 0.29) is 16.3 Å².